The molecule has 0 radical (unpaired) electrons. The van der Waals surface area contributed by atoms with Crippen LogP contribution in [0.3, 0.4) is 0 Å². The Morgan fingerprint density at radius 1 is 0.893 bits per heavy atom. The van der Waals surface area contributed by atoms with E-state index in [9.17, 15) is 21.6 Å². The van der Waals surface area contributed by atoms with Gasteiger partial charge < -0.3 is 4.90 Å². The highest BCUT2D eigenvalue weighted by Gasteiger charge is 2.23. The molecule has 0 aliphatic rings. The summed E-state index contributed by atoms with van der Waals surface area (Å²) >= 11 is 0. The van der Waals surface area contributed by atoms with Crippen LogP contribution in [0.1, 0.15) is 19.4 Å². The number of sulfone groups is 1. The average Bonchev–Trinajstić information content (AvgIpc) is 2.63. The quantitative estimate of drug-likeness (QED) is 0.701. The minimum absolute atomic E-state index is 0.000380. The lowest BCUT2D eigenvalue weighted by Gasteiger charge is -2.18. The summed E-state index contributed by atoms with van der Waals surface area (Å²) in [6, 6.07) is 11.9. The summed E-state index contributed by atoms with van der Waals surface area (Å²) in [5.41, 5.74) is 1.04. The van der Waals surface area contributed by atoms with Crippen molar-refractivity contribution in [1.82, 2.24) is 4.90 Å². The maximum atomic E-state index is 12.7. The van der Waals surface area contributed by atoms with Gasteiger partial charge in [-0.3, -0.25) is 9.52 Å². The average molecular weight is 425 g/mol. The van der Waals surface area contributed by atoms with Crippen molar-refractivity contribution in [2.45, 2.75) is 30.1 Å². The van der Waals surface area contributed by atoms with Crippen molar-refractivity contribution in [3.63, 3.8) is 0 Å². The summed E-state index contributed by atoms with van der Waals surface area (Å²) in [5, 5.41) is 0. The largest absolute Gasteiger partial charge is 0.343 e. The van der Waals surface area contributed by atoms with Crippen LogP contribution in [-0.2, 0) is 31.1 Å². The number of anilines is 1. The lowest BCUT2D eigenvalue weighted by atomic mass is 10.1. The molecular weight excluding hydrogens is 400 g/mol. The van der Waals surface area contributed by atoms with Crippen LogP contribution in [0.5, 0.6) is 0 Å². The molecule has 0 aromatic heterocycles. The van der Waals surface area contributed by atoms with E-state index in [1.165, 1.54) is 24.3 Å². The normalized spacial score (nSPS) is 11.8. The van der Waals surface area contributed by atoms with Crippen molar-refractivity contribution < 1.29 is 21.6 Å². The molecule has 7 nitrogen and oxygen atoms in total. The molecule has 0 aliphatic carbocycles. The van der Waals surface area contributed by atoms with E-state index in [1.54, 1.807) is 29.2 Å². The van der Waals surface area contributed by atoms with E-state index in [0.717, 1.165) is 11.8 Å². The molecular formula is C19H24N2O5S2. The number of hydrogen-bond donors (Lipinski definition) is 1. The van der Waals surface area contributed by atoms with Crippen molar-refractivity contribution in [3.05, 3.63) is 54.1 Å². The van der Waals surface area contributed by atoms with E-state index in [4.69, 9.17) is 0 Å². The molecule has 1 amide bonds. The zero-order chi connectivity index (χ0) is 20.9. The lowest BCUT2D eigenvalue weighted by Crippen LogP contribution is -2.31. The molecule has 9 heteroatoms. The predicted octanol–water partition coefficient (Wildman–Crippen LogP) is 2.30. The summed E-state index contributed by atoms with van der Waals surface area (Å²) < 4.78 is 51.5. The maximum Gasteiger partial charge on any atom is 0.263 e. The SMILES string of the molecule is CCN(CC)C(=O)Cc1ccc(NS(=O)(=O)c2ccccc2S(C)(=O)=O)cc1. The van der Waals surface area contributed by atoms with Crippen molar-refractivity contribution >= 4 is 31.5 Å². The highest BCUT2D eigenvalue weighted by atomic mass is 32.2. The summed E-state index contributed by atoms with van der Waals surface area (Å²) in [6.45, 7) is 5.08. The van der Waals surface area contributed by atoms with E-state index < -0.39 is 19.9 Å². The maximum absolute atomic E-state index is 12.7. The number of sulfonamides is 1. The Morgan fingerprint density at radius 2 is 1.43 bits per heavy atom. The fourth-order valence-electron chi connectivity index (χ4n) is 2.74. The van der Waals surface area contributed by atoms with E-state index in [0.29, 0.717) is 13.1 Å². The number of nitrogens with one attached hydrogen (secondary N) is 1. The van der Waals surface area contributed by atoms with E-state index >= 15 is 0 Å². The monoisotopic (exact) mass is 424 g/mol. The van der Waals surface area contributed by atoms with Gasteiger partial charge in [-0.15, -0.1) is 0 Å². The van der Waals surface area contributed by atoms with Crippen molar-refractivity contribution in [1.29, 1.82) is 0 Å². The van der Waals surface area contributed by atoms with Crippen molar-refractivity contribution in [3.8, 4) is 0 Å². The minimum Gasteiger partial charge on any atom is -0.343 e. The van der Waals surface area contributed by atoms with Crippen LogP contribution in [0.15, 0.2) is 58.3 Å². The van der Waals surface area contributed by atoms with E-state index in [1.807, 2.05) is 13.8 Å². The standard InChI is InChI=1S/C19H24N2O5S2/c1-4-21(5-2)19(22)14-15-10-12-16(13-11-15)20-28(25,26)18-9-7-6-8-17(18)27(3,23)24/h6-13,20H,4-5,14H2,1-3H3. The Bertz CT molecular complexity index is 1040. The summed E-state index contributed by atoms with van der Waals surface area (Å²) in [6.07, 6.45) is 1.19. The zero-order valence-corrected chi connectivity index (χ0v) is 17.7. The molecule has 2 rings (SSSR count). The molecule has 0 spiro atoms. The first-order chi connectivity index (χ1) is 13.1. The molecule has 2 aromatic carbocycles. The minimum atomic E-state index is -4.09. The number of likely N-dealkylation sites (N-methyl/N-ethyl adjacent to an activating group) is 1. The van der Waals surface area contributed by atoms with Gasteiger partial charge in [0.15, 0.2) is 9.84 Å². The van der Waals surface area contributed by atoms with Gasteiger partial charge in [0, 0.05) is 25.0 Å². The molecule has 0 aliphatic heterocycles. The van der Waals surface area contributed by atoms with Crippen LogP contribution in [0, 0.1) is 0 Å². The molecule has 0 heterocycles. The Kier molecular flexibility index (Phi) is 6.84. The van der Waals surface area contributed by atoms with Gasteiger partial charge in [-0.05, 0) is 43.7 Å². The van der Waals surface area contributed by atoms with Crippen LogP contribution in [0.25, 0.3) is 0 Å². The number of nitrogens with zero attached hydrogens (tertiary/aromatic N) is 1. The molecule has 152 valence electrons. The van der Waals surface area contributed by atoms with Gasteiger partial charge in [-0.1, -0.05) is 24.3 Å². The van der Waals surface area contributed by atoms with Gasteiger partial charge in [0.25, 0.3) is 10.0 Å². The molecule has 0 bridgehead atoms. The number of benzene rings is 2. The highest BCUT2D eigenvalue weighted by molar-refractivity contribution is 7.95. The Morgan fingerprint density at radius 3 is 1.93 bits per heavy atom. The molecule has 28 heavy (non-hydrogen) atoms. The first-order valence-electron chi connectivity index (χ1n) is 8.77. The Labute approximate surface area is 166 Å². The third-order valence-electron chi connectivity index (χ3n) is 4.22. The van der Waals surface area contributed by atoms with Gasteiger partial charge in [-0.2, -0.15) is 0 Å². The predicted molar refractivity (Wildman–Crippen MR) is 108 cm³/mol. The van der Waals surface area contributed by atoms with Crippen LogP contribution < -0.4 is 4.72 Å². The van der Waals surface area contributed by atoms with E-state index in [2.05, 4.69) is 4.72 Å². The third-order valence-corrected chi connectivity index (χ3v) is 6.94. The van der Waals surface area contributed by atoms with Crippen molar-refractivity contribution in [2.75, 3.05) is 24.1 Å². The topological polar surface area (TPSA) is 101 Å². The number of amides is 1. The fraction of sp³-hybridized carbons (Fsp3) is 0.316. The molecule has 0 atom stereocenters. The second-order valence-electron chi connectivity index (χ2n) is 6.26. The third kappa shape index (κ3) is 5.32. The summed E-state index contributed by atoms with van der Waals surface area (Å²) in [7, 11) is -7.79. The molecule has 0 saturated heterocycles. The van der Waals surface area contributed by atoms with Gasteiger partial charge >= 0.3 is 0 Å². The van der Waals surface area contributed by atoms with Gasteiger partial charge in [0.05, 0.1) is 11.3 Å². The summed E-state index contributed by atoms with van der Waals surface area (Å²) in [4.78, 5) is 13.3. The van der Waals surface area contributed by atoms with Crippen LogP contribution in [-0.4, -0.2) is 47.0 Å². The molecule has 1 N–H and O–H groups in total. The number of carbonyl (C=O) groups excluding carboxylic acids is 1. The van der Waals surface area contributed by atoms with Crippen LogP contribution in [0.4, 0.5) is 5.69 Å². The summed E-state index contributed by atoms with van der Waals surface area (Å²) in [5.74, 6) is 0.000380. The first-order valence-corrected chi connectivity index (χ1v) is 12.1. The van der Waals surface area contributed by atoms with E-state index in [-0.39, 0.29) is 27.8 Å². The number of carbonyl (C=O) groups is 1. The highest BCUT2D eigenvalue weighted by Crippen LogP contribution is 2.23. The van der Waals surface area contributed by atoms with Crippen molar-refractivity contribution in [2.24, 2.45) is 0 Å². The molecule has 2 aromatic rings. The zero-order valence-electron chi connectivity index (χ0n) is 16.0. The molecule has 0 fully saturated rings. The number of hydrogen-bond acceptors (Lipinski definition) is 5. The molecule has 0 saturated carbocycles. The van der Waals surface area contributed by atoms with Gasteiger partial charge in [0.1, 0.15) is 4.90 Å². The van der Waals surface area contributed by atoms with Crippen LogP contribution >= 0.6 is 0 Å². The second-order valence-corrected chi connectivity index (χ2v) is 9.90. The first kappa shape index (κ1) is 21.9. The van der Waals surface area contributed by atoms with Gasteiger partial charge in [-0.25, -0.2) is 16.8 Å². The Hall–Kier alpha value is -2.39. The van der Waals surface area contributed by atoms with Gasteiger partial charge in [0.2, 0.25) is 5.91 Å². The second kappa shape index (κ2) is 8.74. The lowest BCUT2D eigenvalue weighted by molar-refractivity contribution is -0.130. The smallest absolute Gasteiger partial charge is 0.263 e. The van der Waals surface area contributed by atoms with Crippen LogP contribution in [0.2, 0.25) is 0 Å². The number of rotatable bonds is 8. The molecule has 0 unspecified atom stereocenters. The fourth-order valence-corrected chi connectivity index (χ4v) is 5.43. The Balaban J connectivity index is 2.22.